The van der Waals surface area contributed by atoms with Gasteiger partial charge in [0.1, 0.15) is 18.2 Å². The van der Waals surface area contributed by atoms with E-state index in [0.717, 1.165) is 5.82 Å². The van der Waals surface area contributed by atoms with Gasteiger partial charge in [-0.3, -0.25) is 4.79 Å². The molecule has 7 nitrogen and oxygen atoms in total. The monoisotopic (exact) mass is 381 g/mol. The van der Waals surface area contributed by atoms with Gasteiger partial charge in [0.2, 0.25) is 0 Å². The summed E-state index contributed by atoms with van der Waals surface area (Å²) in [5.74, 6) is 0.815. The molecular weight excluding hydrogens is 358 g/mol. The molecule has 2 heterocycles. The number of hydrogen-bond donors (Lipinski definition) is 0. The van der Waals surface area contributed by atoms with Gasteiger partial charge in [-0.05, 0) is 36.4 Å². The first kappa shape index (κ1) is 19.4. The van der Waals surface area contributed by atoms with E-state index in [-0.39, 0.29) is 12.5 Å². The standard InChI is InChI=1S/C21H23N3O4/c1-2-15-27-18-8-6-17(7-9-18)21(26)28-16-20(25)24-13-11-23(12-14-24)19-5-3-4-10-22-19/h2-10H,1,11-16H2. The lowest BCUT2D eigenvalue weighted by molar-refractivity contribution is -0.134. The molecule has 0 atom stereocenters. The van der Waals surface area contributed by atoms with Gasteiger partial charge >= 0.3 is 5.97 Å². The van der Waals surface area contributed by atoms with Crippen molar-refractivity contribution in [3.05, 3.63) is 66.9 Å². The number of ether oxygens (including phenoxy) is 2. The molecule has 1 fully saturated rings. The van der Waals surface area contributed by atoms with Crippen LogP contribution in [0.5, 0.6) is 5.75 Å². The van der Waals surface area contributed by atoms with Gasteiger partial charge in [0.25, 0.3) is 5.91 Å². The normalized spacial score (nSPS) is 13.7. The van der Waals surface area contributed by atoms with Gasteiger partial charge in [0.15, 0.2) is 6.61 Å². The van der Waals surface area contributed by atoms with Crippen LogP contribution in [0.3, 0.4) is 0 Å². The van der Waals surface area contributed by atoms with Crippen LogP contribution >= 0.6 is 0 Å². The summed E-state index contributed by atoms with van der Waals surface area (Å²) < 4.78 is 10.5. The number of pyridine rings is 1. The van der Waals surface area contributed by atoms with E-state index in [1.165, 1.54) is 0 Å². The Kier molecular flexibility index (Phi) is 6.62. The summed E-state index contributed by atoms with van der Waals surface area (Å²) in [7, 11) is 0. The van der Waals surface area contributed by atoms with Crippen molar-refractivity contribution in [1.29, 1.82) is 0 Å². The summed E-state index contributed by atoms with van der Waals surface area (Å²) >= 11 is 0. The van der Waals surface area contributed by atoms with Gasteiger partial charge in [-0.15, -0.1) is 0 Å². The zero-order chi connectivity index (χ0) is 19.8. The van der Waals surface area contributed by atoms with Gasteiger partial charge in [-0.25, -0.2) is 9.78 Å². The van der Waals surface area contributed by atoms with E-state index in [1.54, 1.807) is 41.4 Å². The second-order valence-corrected chi connectivity index (χ2v) is 6.26. The minimum atomic E-state index is -0.532. The summed E-state index contributed by atoms with van der Waals surface area (Å²) in [6.07, 6.45) is 3.40. The first-order valence-corrected chi connectivity index (χ1v) is 9.12. The van der Waals surface area contributed by atoms with Crippen molar-refractivity contribution >= 4 is 17.7 Å². The molecular formula is C21H23N3O4. The minimum Gasteiger partial charge on any atom is -0.490 e. The fourth-order valence-corrected chi connectivity index (χ4v) is 2.87. The average molecular weight is 381 g/mol. The summed E-state index contributed by atoms with van der Waals surface area (Å²) in [6, 6.07) is 12.3. The van der Waals surface area contributed by atoms with Gasteiger partial charge in [-0.1, -0.05) is 18.7 Å². The maximum absolute atomic E-state index is 12.3. The fourth-order valence-electron chi connectivity index (χ4n) is 2.87. The van der Waals surface area contributed by atoms with Gasteiger partial charge in [0.05, 0.1) is 5.56 Å². The molecule has 1 aliphatic heterocycles. The van der Waals surface area contributed by atoms with E-state index in [1.807, 2.05) is 18.2 Å². The number of nitrogens with zero attached hydrogens (tertiary/aromatic N) is 3. The molecule has 0 spiro atoms. The van der Waals surface area contributed by atoms with E-state index in [9.17, 15) is 9.59 Å². The van der Waals surface area contributed by atoms with Crippen molar-refractivity contribution in [2.75, 3.05) is 44.3 Å². The quantitative estimate of drug-likeness (QED) is 0.541. The molecule has 0 unspecified atom stereocenters. The van der Waals surface area contributed by atoms with E-state index in [0.29, 0.717) is 44.1 Å². The molecule has 0 saturated carbocycles. The lowest BCUT2D eigenvalue weighted by Gasteiger charge is -2.35. The Morgan fingerprint density at radius 2 is 1.82 bits per heavy atom. The highest BCUT2D eigenvalue weighted by Gasteiger charge is 2.22. The van der Waals surface area contributed by atoms with E-state index in [2.05, 4.69) is 16.5 Å². The zero-order valence-electron chi connectivity index (χ0n) is 15.6. The third kappa shape index (κ3) is 5.09. The largest absolute Gasteiger partial charge is 0.490 e. The number of piperazine rings is 1. The Balaban J connectivity index is 1.44. The zero-order valence-corrected chi connectivity index (χ0v) is 15.6. The molecule has 7 heteroatoms. The highest BCUT2D eigenvalue weighted by Crippen LogP contribution is 2.14. The third-order valence-electron chi connectivity index (χ3n) is 4.39. The van der Waals surface area contributed by atoms with Gasteiger partial charge in [0, 0.05) is 32.4 Å². The summed E-state index contributed by atoms with van der Waals surface area (Å²) in [5.41, 5.74) is 0.374. The molecule has 0 aliphatic carbocycles. The second kappa shape index (κ2) is 9.55. The molecule has 1 amide bonds. The summed E-state index contributed by atoms with van der Waals surface area (Å²) in [4.78, 5) is 32.6. The van der Waals surface area contributed by atoms with Crippen LogP contribution in [0.2, 0.25) is 0 Å². The maximum Gasteiger partial charge on any atom is 0.338 e. The minimum absolute atomic E-state index is 0.194. The molecule has 28 heavy (non-hydrogen) atoms. The number of hydrogen-bond acceptors (Lipinski definition) is 6. The lowest BCUT2D eigenvalue weighted by atomic mass is 10.2. The smallest absolute Gasteiger partial charge is 0.338 e. The first-order valence-electron chi connectivity index (χ1n) is 9.12. The van der Waals surface area contributed by atoms with Crippen LogP contribution in [0.4, 0.5) is 5.82 Å². The molecule has 1 aromatic heterocycles. The molecule has 146 valence electrons. The van der Waals surface area contributed by atoms with Crippen LogP contribution in [0.15, 0.2) is 61.3 Å². The van der Waals surface area contributed by atoms with Gasteiger partial charge < -0.3 is 19.3 Å². The number of benzene rings is 1. The van der Waals surface area contributed by atoms with E-state index >= 15 is 0 Å². The molecule has 0 N–H and O–H groups in total. The van der Waals surface area contributed by atoms with Crippen molar-refractivity contribution in [1.82, 2.24) is 9.88 Å². The number of carbonyl (C=O) groups is 2. The van der Waals surface area contributed by atoms with Crippen molar-refractivity contribution in [3.8, 4) is 5.75 Å². The number of esters is 1. The second-order valence-electron chi connectivity index (χ2n) is 6.26. The number of aromatic nitrogens is 1. The van der Waals surface area contributed by atoms with Crippen LogP contribution in [0.1, 0.15) is 10.4 Å². The van der Waals surface area contributed by atoms with E-state index < -0.39 is 5.97 Å². The Hall–Kier alpha value is -3.35. The number of anilines is 1. The highest BCUT2D eigenvalue weighted by molar-refractivity contribution is 5.91. The SMILES string of the molecule is C=CCOc1ccc(C(=O)OCC(=O)N2CCN(c3ccccn3)CC2)cc1. The van der Waals surface area contributed by atoms with Crippen molar-refractivity contribution in [3.63, 3.8) is 0 Å². The van der Waals surface area contributed by atoms with Crippen LogP contribution in [-0.4, -0.2) is 61.2 Å². The van der Waals surface area contributed by atoms with Crippen LogP contribution in [-0.2, 0) is 9.53 Å². The fraction of sp³-hybridized carbons (Fsp3) is 0.286. The van der Waals surface area contributed by atoms with Crippen LogP contribution in [0, 0.1) is 0 Å². The average Bonchev–Trinajstić information content (AvgIpc) is 2.77. The first-order chi connectivity index (χ1) is 13.7. The predicted octanol–water partition coefficient (Wildman–Crippen LogP) is 2.15. The Bertz CT molecular complexity index is 800. The Labute approximate surface area is 164 Å². The Morgan fingerprint density at radius 1 is 1.07 bits per heavy atom. The van der Waals surface area contributed by atoms with Crippen molar-refractivity contribution < 1.29 is 19.1 Å². The summed E-state index contributed by atoms with van der Waals surface area (Å²) in [6.45, 7) is 6.25. The van der Waals surface area contributed by atoms with E-state index in [4.69, 9.17) is 9.47 Å². The molecule has 3 rings (SSSR count). The van der Waals surface area contributed by atoms with Crippen LogP contribution in [0.25, 0.3) is 0 Å². The van der Waals surface area contributed by atoms with Crippen molar-refractivity contribution in [2.24, 2.45) is 0 Å². The molecule has 1 saturated heterocycles. The molecule has 2 aromatic rings. The van der Waals surface area contributed by atoms with Crippen LogP contribution < -0.4 is 9.64 Å². The molecule has 0 bridgehead atoms. The topological polar surface area (TPSA) is 72.0 Å². The summed E-state index contributed by atoms with van der Waals surface area (Å²) in [5, 5.41) is 0. The molecule has 0 radical (unpaired) electrons. The number of amides is 1. The third-order valence-corrected chi connectivity index (χ3v) is 4.39. The Morgan fingerprint density at radius 3 is 2.46 bits per heavy atom. The molecule has 1 aromatic carbocycles. The van der Waals surface area contributed by atoms with Gasteiger partial charge in [-0.2, -0.15) is 0 Å². The predicted molar refractivity (Wildman–Crippen MR) is 105 cm³/mol. The number of rotatable bonds is 7. The number of carbonyl (C=O) groups excluding carboxylic acids is 2. The lowest BCUT2D eigenvalue weighted by Crippen LogP contribution is -2.50. The van der Waals surface area contributed by atoms with Crippen molar-refractivity contribution in [2.45, 2.75) is 0 Å². The highest BCUT2D eigenvalue weighted by atomic mass is 16.5. The molecule has 1 aliphatic rings. The maximum atomic E-state index is 12.3.